The molecule has 0 aliphatic heterocycles. The second kappa shape index (κ2) is 9.10. The molecule has 2 heterocycles. The Labute approximate surface area is 152 Å². The van der Waals surface area contributed by atoms with E-state index in [1.807, 2.05) is 53.4 Å². The molecule has 0 spiro atoms. The molecule has 0 bridgehead atoms. The van der Waals surface area contributed by atoms with Crippen LogP contribution in [0.25, 0.3) is 0 Å². The first-order chi connectivity index (χ1) is 9.52. The minimum absolute atomic E-state index is 0. The van der Waals surface area contributed by atoms with Gasteiger partial charge < -0.3 is 20.6 Å². The number of nitrogens with zero attached hydrogens (tertiary/aromatic N) is 4. The summed E-state index contributed by atoms with van der Waals surface area (Å²) in [5.74, 6) is 1.29. The molecule has 21 heavy (non-hydrogen) atoms. The normalized spacial score (nSPS) is 9.29. The van der Waals surface area contributed by atoms with Gasteiger partial charge in [0.05, 0.1) is 17.1 Å². The molecule has 113 valence electrons. The molecule has 0 amide bonds. The Kier molecular flexibility index (Phi) is 8.67. The zero-order chi connectivity index (χ0) is 15.3. The number of rotatable bonds is 3. The second-order valence-electron chi connectivity index (χ2n) is 4.18. The topological polar surface area (TPSA) is 67.7 Å². The van der Waals surface area contributed by atoms with Crippen LogP contribution >= 0.6 is 0 Å². The molecule has 2 rings (SSSR count). The van der Waals surface area contributed by atoms with Crippen LogP contribution in [0.4, 0.5) is 17.5 Å². The van der Waals surface area contributed by atoms with Crippen molar-refractivity contribution < 1.29 is 32.7 Å². The van der Waals surface area contributed by atoms with Crippen molar-refractivity contribution in [1.29, 1.82) is 0 Å². The van der Waals surface area contributed by atoms with Gasteiger partial charge in [0.2, 0.25) is 0 Å². The largest absolute Gasteiger partial charge is 0.424 e. The summed E-state index contributed by atoms with van der Waals surface area (Å²) < 4.78 is 1.83. The standard InChI is InChI=1S/C12H17N6.C2H6.Y/c1-7-6-14-12(16-11(7)13-4)15-10-8(2)17-18(5)9(10)3;1-2;/h1-5H3,(H2,13,14,15,16);1-2H3;/q-1;;. The molecule has 0 fully saturated rings. The van der Waals surface area contributed by atoms with Gasteiger partial charge in [-0.2, -0.15) is 5.10 Å². The molecular weight excluding hydrogens is 341 g/mol. The molecule has 7 heteroatoms. The molecule has 2 N–H and O–H groups in total. The van der Waals surface area contributed by atoms with Crippen molar-refractivity contribution in [2.24, 2.45) is 7.05 Å². The van der Waals surface area contributed by atoms with Gasteiger partial charge in [0.1, 0.15) is 5.95 Å². The summed E-state index contributed by atoms with van der Waals surface area (Å²) in [7, 11) is 3.74. The number of aryl methyl sites for hydroxylation is 3. The Morgan fingerprint density at radius 2 is 1.76 bits per heavy atom. The SMILES string of the molecule is CC.CNc1nc(Nc2c(C)nn(C)c2C)n[c-]c1C.[Y]. The Balaban J connectivity index is 0.00000128. The zero-order valence-corrected chi connectivity index (χ0v) is 16.7. The first-order valence-electron chi connectivity index (χ1n) is 6.74. The zero-order valence-electron chi connectivity index (χ0n) is 13.9. The first kappa shape index (κ1) is 20.0. The van der Waals surface area contributed by atoms with E-state index in [2.05, 4.69) is 31.9 Å². The third kappa shape index (κ3) is 4.75. The molecule has 0 saturated carbocycles. The van der Waals surface area contributed by atoms with Gasteiger partial charge in [0.15, 0.2) is 0 Å². The predicted molar refractivity (Wildman–Crippen MR) is 82.5 cm³/mol. The summed E-state index contributed by atoms with van der Waals surface area (Å²) in [6.07, 6.45) is 2.92. The minimum atomic E-state index is 0. The van der Waals surface area contributed by atoms with Gasteiger partial charge in [-0.15, -0.1) is 5.56 Å². The summed E-state index contributed by atoms with van der Waals surface area (Å²) in [6.45, 7) is 9.86. The quantitative estimate of drug-likeness (QED) is 0.820. The molecule has 0 aliphatic rings. The maximum Gasteiger partial charge on any atom is 0.112 e. The second-order valence-corrected chi connectivity index (χ2v) is 4.18. The van der Waals surface area contributed by atoms with E-state index < -0.39 is 0 Å². The average Bonchev–Trinajstić information content (AvgIpc) is 2.69. The van der Waals surface area contributed by atoms with Gasteiger partial charge in [0, 0.05) is 45.6 Å². The molecule has 0 aromatic carbocycles. The van der Waals surface area contributed by atoms with E-state index in [4.69, 9.17) is 0 Å². The van der Waals surface area contributed by atoms with Gasteiger partial charge in [-0.25, -0.2) is 0 Å². The van der Waals surface area contributed by atoms with Crippen molar-refractivity contribution >= 4 is 17.5 Å². The van der Waals surface area contributed by atoms with Gasteiger partial charge in [-0.3, -0.25) is 4.68 Å². The molecule has 6 nitrogen and oxygen atoms in total. The summed E-state index contributed by atoms with van der Waals surface area (Å²) in [6, 6.07) is 0. The summed E-state index contributed by atoms with van der Waals surface area (Å²) in [5, 5.41) is 10.5. The van der Waals surface area contributed by atoms with Crippen molar-refractivity contribution in [1.82, 2.24) is 19.7 Å². The molecule has 0 atom stereocenters. The van der Waals surface area contributed by atoms with E-state index in [1.165, 1.54) is 0 Å². The van der Waals surface area contributed by atoms with Crippen LogP contribution in [-0.4, -0.2) is 26.8 Å². The Morgan fingerprint density at radius 1 is 1.14 bits per heavy atom. The Bertz CT molecular complexity index is 579. The summed E-state index contributed by atoms with van der Waals surface area (Å²) >= 11 is 0. The molecule has 2 aromatic heterocycles. The molecular formula is C14H23N6Y-. The van der Waals surface area contributed by atoms with E-state index in [1.54, 1.807) is 0 Å². The molecule has 0 aliphatic carbocycles. The predicted octanol–water partition coefficient (Wildman–Crippen LogP) is 2.74. The van der Waals surface area contributed by atoms with Gasteiger partial charge in [-0.1, -0.05) is 27.0 Å². The van der Waals surface area contributed by atoms with Crippen molar-refractivity contribution in [3.05, 3.63) is 23.1 Å². The molecule has 1 radical (unpaired) electrons. The van der Waals surface area contributed by atoms with Crippen LogP contribution in [0.15, 0.2) is 0 Å². The van der Waals surface area contributed by atoms with Gasteiger partial charge in [-0.05, 0) is 20.9 Å². The number of aromatic nitrogens is 4. The minimum Gasteiger partial charge on any atom is -0.424 e. The fourth-order valence-corrected chi connectivity index (χ4v) is 1.77. The van der Waals surface area contributed by atoms with Crippen LogP contribution in [0.3, 0.4) is 0 Å². The van der Waals surface area contributed by atoms with E-state index in [0.29, 0.717) is 5.95 Å². The monoisotopic (exact) mass is 364 g/mol. The van der Waals surface area contributed by atoms with E-state index in [0.717, 1.165) is 28.5 Å². The first-order valence-corrected chi connectivity index (χ1v) is 6.74. The van der Waals surface area contributed by atoms with E-state index in [-0.39, 0.29) is 32.7 Å². The Morgan fingerprint density at radius 3 is 2.24 bits per heavy atom. The molecule has 0 unspecified atom stereocenters. The maximum atomic E-state index is 4.38. The average molecular weight is 364 g/mol. The van der Waals surface area contributed by atoms with Gasteiger partial charge in [0.25, 0.3) is 0 Å². The fourth-order valence-electron chi connectivity index (χ4n) is 1.77. The van der Waals surface area contributed by atoms with Crippen LogP contribution < -0.4 is 10.6 Å². The smallest absolute Gasteiger partial charge is 0.112 e. The van der Waals surface area contributed by atoms with Crippen LogP contribution in [0, 0.1) is 27.0 Å². The fraction of sp³-hybridized carbons (Fsp3) is 0.500. The van der Waals surface area contributed by atoms with Crippen molar-refractivity contribution in [2.45, 2.75) is 34.6 Å². The molecule has 2 aromatic rings. The van der Waals surface area contributed by atoms with Crippen molar-refractivity contribution in [2.75, 3.05) is 17.7 Å². The number of nitrogens with one attached hydrogen (secondary N) is 2. The van der Waals surface area contributed by atoms with Crippen molar-refractivity contribution in [3.63, 3.8) is 0 Å². The van der Waals surface area contributed by atoms with Crippen LogP contribution in [-0.2, 0) is 39.8 Å². The number of anilines is 3. The number of hydrogen-bond donors (Lipinski definition) is 2. The third-order valence-electron chi connectivity index (χ3n) is 2.89. The van der Waals surface area contributed by atoms with E-state index in [9.17, 15) is 0 Å². The van der Waals surface area contributed by atoms with Crippen LogP contribution in [0.2, 0.25) is 0 Å². The maximum absolute atomic E-state index is 4.38. The van der Waals surface area contributed by atoms with Gasteiger partial charge >= 0.3 is 0 Å². The number of hydrogen-bond acceptors (Lipinski definition) is 5. The van der Waals surface area contributed by atoms with E-state index >= 15 is 0 Å². The van der Waals surface area contributed by atoms with Crippen LogP contribution in [0.1, 0.15) is 30.8 Å². The van der Waals surface area contributed by atoms with Crippen LogP contribution in [0.5, 0.6) is 0 Å². The van der Waals surface area contributed by atoms with Crippen molar-refractivity contribution in [3.8, 4) is 0 Å². The summed E-state index contributed by atoms with van der Waals surface area (Å²) in [5.41, 5.74) is 3.80. The third-order valence-corrected chi connectivity index (χ3v) is 2.89. The molecule has 0 saturated heterocycles. The summed E-state index contributed by atoms with van der Waals surface area (Å²) in [4.78, 5) is 8.53. The Hall–Kier alpha value is -1.01.